The molecule has 0 bridgehead atoms. The maximum Gasteiger partial charge on any atom is 0.305 e. The van der Waals surface area contributed by atoms with Gasteiger partial charge in [0.05, 0.1) is 17.9 Å². The molecule has 2 aromatic heterocycles. The van der Waals surface area contributed by atoms with Crippen molar-refractivity contribution in [2.45, 2.75) is 52.4 Å². The van der Waals surface area contributed by atoms with E-state index in [2.05, 4.69) is 48.0 Å². The summed E-state index contributed by atoms with van der Waals surface area (Å²) in [5.74, 6) is 0.413. The van der Waals surface area contributed by atoms with Crippen molar-refractivity contribution in [3.8, 4) is 0 Å². The van der Waals surface area contributed by atoms with E-state index in [0.717, 1.165) is 54.3 Å². The molecule has 1 saturated heterocycles. The Kier molecular flexibility index (Phi) is 12.5. The third kappa shape index (κ3) is 8.03. The van der Waals surface area contributed by atoms with Crippen molar-refractivity contribution in [3.05, 3.63) is 52.1 Å². The number of benzene rings is 1. The second-order valence-electron chi connectivity index (χ2n) is 7.83. The number of aromatic nitrogens is 2. The zero-order chi connectivity index (χ0) is 24.9. The van der Waals surface area contributed by atoms with Crippen LogP contribution in [0.3, 0.4) is 0 Å². The van der Waals surface area contributed by atoms with Gasteiger partial charge in [-0.25, -0.2) is 4.98 Å². The van der Waals surface area contributed by atoms with Gasteiger partial charge in [-0.15, -0.1) is 11.3 Å². The Bertz CT molecular complexity index is 1030. The largest absolute Gasteiger partial charge is 0.466 e. The Morgan fingerprint density at radius 1 is 1.24 bits per heavy atom. The standard InChI is InChI=1S/C18H19N3OS.C6H11BrO2.C2H6/c1-21-8-6-12(7-9-21)16-11-23-18(20-16)17(22)14-10-19-15-5-3-2-4-13(14)15;1-2-9-6(8)4-3-5-7;1-2/h2-5,10-12,19H,6-9H2,1H3;2-5H2,1H3;1-2H3. The molecule has 0 saturated carbocycles. The molecule has 3 aromatic rings. The van der Waals surface area contributed by atoms with Crippen molar-refractivity contribution in [2.75, 3.05) is 32.1 Å². The van der Waals surface area contributed by atoms with Gasteiger partial charge in [0.2, 0.25) is 5.78 Å². The number of carbonyl (C=O) groups excluding carboxylic acids is 2. The Morgan fingerprint density at radius 2 is 1.94 bits per heavy atom. The van der Waals surface area contributed by atoms with Crippen LogP contribution in [-0.2, 0) is 9.53 Å². The number of hydrogen-bond acceptors (Lipinski definition) is 6. The zero-order valence-corrected chi connectivity index (χ0v) is 23.0. The molecule has 3 heterocycles. The highest BCUT2D eigenvalue weighted by Gasteiger charge is 2.23. The number of nitrogens with zero attached hydrogens (tertiary/aromatic N) is 2. The zero-order valence-electron chi connectivity index (χ0n) is 20.6. The van der Waals surface area contributed by atoms with E-state index in [0.29, 0.717) is 29.5 Å². The first kappa shape index (κ1) is 28.2. The van der Waals surface area contributed by atoms with Crippen LogP contribution < -0.4 is 0 Å². The molecule has 0 unspecified atom stereocenters. The summed E-state index contributed by atoms with van der Waals surface area (Å²) in [7, 11) is 2.16. The second kappa shape index (κ2) is 15.1. The number of hydrogen-bond donors (Lipinski definition) is 1. The van der Waals surface area contributed by atoms with Crippen LogP contribution in [0, 0.1) is 0 Å². The quantitative estimate of drug-likeness (QED) is 0.209. The van der Waals surface area contributed by atoms with Crippen molar-refractivity contribution in [2.24, 2.45) is 0 Å². The van der Waals surface area contributed by atoms with E-state index in [1.807, 2.05) is 45.0 Å². The molecule has 1 N–H and O–H groups in total. The highest BCUT2D eigenvalue weighted by atomic mass is 79.9. The first-order valence-electron chi connectivity index (χ1n) is 12.0. The van der Waals surface area contributed by atoms with Gasteiger partial charge in [-0.3, -0.25) is 9.59 Å². The third-order valence-corrected chi connectivity index (χ3v) is 6.93. The minimum atomic E-state index is -0.100. The number of H-pyrrole nitrogens is 1. The molecule has 1 fully saturated rings. The predicted octanol–water partition coefficient (Wildman–Crippen LogP) is 6.42. The number of halogens is 1. The van der Waals surface area contributed by atoms with E-state index in [1.165, 1.54) is 11.3 Å². The predicted molar refractivity (Wildman–Crippen MR) is 144 cm³/mol. The monoisotopic (exact) mass is 549 g/mol. The maximum atomic E-state index is 12.8. The number of ether oxygens (including phenoxy) is 1. The molecule has 0 spiro atoms. The van der Waals surface area contributed by atoms with Crippen LogP contribution in [0.1, 0.15) is 73.4 Å². The Hall–Kier alpha value is -2.03. The van der Waals surface area contributed by atoms with E-state index in [-0.39, 0.29) is 11.8 Å². The fourth-order valence-electron chi connectivity index (χ4n) is 3.70. The average Bonchev–Trinajstić information content (AvgIpc) is 3.53. The average molecular weight is 551 g/mol. The van der Waals surface area contributed by atoms with Crippen molar-refractivity contribution in [1.29, 1.82) is 0 Å². The molecule has 0 amide bonds. The first-order valence-corrected chi connectivity index (χ1v) is 14.0. The smallest absolute Gasteiger partial charge is 0.305 e. The Morgan fingerprint density at radius 3 is 2.62 bits per heavy atom. The van der Waals surface area contributed by atoms with Gasteiger partial charge >= 0.3 is 5.97 Å². The second-order valence-corrected chi connectivity index (χ2v) is 9.48. The summed E-state index contributed by atoms with van der Waals surface area (Å²) in [6.45, 7) is 8.51. The van der Waals surface area contributed by atoms with Gasteiger partial charge in [0, 0.05) is 40.1 Å². The minimum Gasteiger partial charge on any atom is -0.466 e. The van der Waals surface area contributed by atoms with Crippen molar-refractivity contribution in [3.63, 3.8) is 0 Å². The highest BCUT2D eigenvalue weighted by Crippen LogP contribution is 2.30. The van der Waals surface area contributed by atoms with Gasteiger partial charge < -0.3 is 14.6 Å². The molecular weight excluding hydrogens is 514 g/mol. The number of thiazole rings is 1. The van der Waals surface area contributed by atoms with Crippen LogP contribution in [0.15, 0.2) is 35.8 Å². The molecule has 186 valence electrons. The molecule has 8 heteroatoms. The molecule has 1 aliphatic heterocycles. The molecule has 1 aromatic carbocycles. The lowest BCUT2D eigenvalue weighted by molar-refractivity contribution is -0.143. The summed E-state index contributed by atoms with van der Waals surface area (Å²) in [6, 6.07) is 7.88. The third-order valence-electron chi connectivity index (χ3n) is 5.51. The number of para-hydroxylation sites is 1. The Labute approximate surface area is 215 Å². The summed E-state index contributed by atoms with van der Waals surface area (Å²) in [4.78, 5) is 33.5. The lowest BCUT2D eigenvalue weighted by Crippen LogP contribution is -2.29. The number of rotatable bonds is 7. The molecule has 34 heavy (non-hydrogen) atoms. The number of carbonyl (C=O) groups is 2. The summed E-state index contributed by atoms with van der Waals surface area (Å²) >= 11 is 4.69. The topological polar surface area (TPSA) is 75.3 Å². The number of ketones is 1. The van der Waals surface area contributed by atoms with Gasteiger partial charge in [-0.05, 0) is 52.4 Å². The molecular formula is C26H36BrN3O3S. The molecule has 6 nitrogen and oxygen atoms in total. The van der Waals surface area contributed by atoms with E-state index in [4.69, 9.17) is 0 Å². The molecule has 1 aliphatic rings. The van der Waals surface area contributed by atoms with Gasteiger partial charge in [0.25, 0.3) is 0 Å². The number of likely N-dealkylation sites (tertiary alicyclic amines) is 1. The first-order chi connectivity index (χ1) is 16.5. The summed E-state index contributed by atoms with van der Waals surface area (Å²) in [6.07, 6.45) is 5.43. The van der Waals surface area contributed by atoms with Crippen LogP contribution in [0.4, 0.5) is 0 Å². The number of piperidine rings is 1. The summed E-state index contributed by atoms with van der Waals surface area (Å²) in [5.41, 5.74) is 2.79. The number of nitrogens with one attached hydrogen (secondary N) is 1. The number of esters is 1. The van der Waals surface area contributed by atoms with Crippen LogP contribution in [0.25, 0.3) is 10.9 Å². The van der Waals surface area contributed by atoms with Crippen LogP contribution in [-0.4, -0.2) is 58.7 Å². The van der Waals surface area contributed by atoms with E-state index < -0.39 is 0 Å². The molecule has 0 radical (unpaired) electrons. The molecule has 0 aliphatic carbocycles. The summed E-state index contributed by atoms with van der Waals surface area (Å²) < 4.78 is 4.68. The molecule has 0 atom stereocenters. The maximum absolute atomic E-state index is 12.8. The lowest BCUT2D eigenvalue weighted by atomic mass is 9.94. The number of fused-ring (bicyclic) bond motifs is 1. The fourth-order valence-corrected chi connectivity index (χ4v) is 4.83. The Balaban J connectivity index is 0.000000317. The normalized spacial score (nSPS) is 14.0. The van der Waals surface area contributed by atoms with E-state index in [9.17, 15) is 9.59 Å². The van der Waals surface area contributed by atoms with E-state index >= 15 is 0 Å². The molecule has 4 rings (SSSR count). The van der Waals surface area contributed by atoms with Crippen LogP contribution in [0.2, 0.25) is 0 Å². The number of alkyl halides is 1. The van der Waals surface area contributed by atoms with E-state index in [1.54, 1.807) is 6.20 Å². The van der Waals surface area contributed by atoms with Crippen LogP contribution in [0.5, 0.6) is 0 Å². The SMILES string of the molecule is CC.CCOC(=O)CCCBr.CN1CCC(c2csc(C(=O)c3c[nH]c4ccccc34)n2)CC1. The van der Waals surface area contributed by atoms with Crippen molar-refractivity contribution in [1.82, 2.24) is 14.9 Å². The lowest BCUT2D eigenvalue weighted by Gasteiger charge is -2.27. The minimum absolute atomic E-state index is 0.0200. The fraction of sp³-hybridized carbons (Fsp3) is 0.500. The van der Waals surface area contributed by atoms with Crippen molar-refractivity contribution >= 4 is 49.9 Å². The van der Waals surface area contributed by atoms with Gasteiger partial charge in [-0.2, -0.15) is 0 Å². The van der Waals surface area contributed by atoms with Gasteiger partial charge in [0.15, 0.2) is 5.01 Å². The highest BCUT2D eigenvalue weighted by molar-refractivity contribution is 9.09. The van der Waals surface area contributed by atoms with Gasteiger partial charge in [0.1, 0.15) is 0 Å². The van der Waals surface area contributed by atoms with Crippen molar-refractivity contribution < 1.29 is 14.3 Å². The summed E-state index contributed by atoms with van der Waals surface area (Å²) in [5, 5.41) is 4.50. The van der Waals surface area contributed by atoms with Gasteiger partial charge in [-0.1, -0.05) is 48.0 Å². The number of aromatic amines is 1. The van der Waals surface area contributed by atoms with Crippen LogP contribution >= 0.6 is 27.3 Å².